The van der Waals surface area contributed by atoms with Gasteiger partial charge in [0.15, 0.2) is 0 Å². The van der Waals surface area contributed by atoms with Crippen LogP contribution in [0.2, 0.25) is 0 Å². The number of rotatable bonds is 1. The maximum Gasteiger partial charge on any atom is 0.416 e. The molecule has 0 aliphatic carbocycles. The van der Waals surface area contributed by atoms with Crippen molar-refractivity contribution in [1.29, 1.82) is 0 Å². The zero-order valence-corrected chi connectivity index (χ0v) is 10.0. The Bertz CT molecular complexity index is 410. The van der Waals surface area contributed by atoms with Gasteiger partial charge in [0, 0.05) is 18.3 Å². The first kappa shape index (κ1) is 12.3. The van der Waals surface area contributed by atoms with Gasteiger partial charge in [-0.1, -0.05) is 6.07 Å². The molecule has 0 spiro atoms. The number of nitrogens with zero attached hydrogens (tertiary/aromatic N) is 1. The Morgan fingerprint density at radius 3 is 2.53 bits per heavy atom. The van der Waals surface area contributed by atoms with Crippen molar-refractivity contribution in [3.05, 3.63) is 29.3 Å². The Morgan fingerprint density at radius 1 is 1.24 bits per heavy atom. The molecule has 0 radical (unpaired) electrons. The molecule has 2 rings (SSSR count). The van der Waals surface area contributed by atoms with E-state index in [9.17, 15) is 13.2 Å². The smallest absolute Gasteiger partial charge is 0.369 e. The minimum absolute atomic E-state index is 0.234. The van der Waals surface area contributed by atoms with Crippen molar-refractivity contribution in [3.63, 3.8) is 0 Å². The SMILES string of the molecule is CC(C)N1CCCc2c1cccc2C(F)(F)F. The fraction of sp³-hybridized carbons (Fsp3) is 0.538. The topological polar surface area (TPSA) is 3.24 Å². The molecule has 1 aromatic carbocycles. The first-order chi connectivity index (χ1) is 7.91. The van der Waals surface area contributed by atoms with Crippen LogP contribution in [-0.4, -0.2) is 12.6 Å². The van der Waals surface area contributed by atoms with Crippen LogP contribution in [-0.2, 0) is 12.6 Å². The van der Waals surface area contributed by atoms with E-state index in [-0.39, 0.29) is 6.04 Å². The van der Waals surface area contributed by atoms with Gasteiger partial charge in [-0.25, -0.2) is 0 Å². The fourth-order valence-electron chi connectivity index (χ4n) is 2.46. The summed E-state index contributed by atoms with van der Waals surface area (Å²) in [5.74, 6) is 0. The molecule has 1 heterocycles. The monoisotopic (exact) mass is 243 g/mol. The molecule has 0 fully saturated rings. The molecule has 4 heteroatoms. The third kappa shape index (κ3) is 2.26. The van der Waals surface area contributed by atoms with E-state index in [4.69, 9.17) is 0 Å². The van der Waals surface area contributed by atoms with Crippen molar-refractivity contribution >= 4 is 5.69 Å². The fourth-order valence-corrected chi connectivity index (χ4v) is 2.46. The van der Waals surface area contributed by atoms with Gasteiger partial charge < -0.3 is 4.90 Å². The van der Waals surface area contributed by atoms with Gasteiger partial charge in [0.1, 0.15) is 0 Å². The Balaban J connectivity index is 2.51. The number of halogens is 3. The van der Waals surface area contributed by atoms with Gasteiger partial charge in [-0.15, -0.1) is 0 Å². The normalized spacial score (nSPS) is 16.2. The number of anilines is 1. The second kappa shape index (κ2) is 4.24. The van der Waals surface area contributed by atoms with Crippen LogP contribution in [0.5, 0.6) is 0 Å². The molecule has 1 nitrogen and oxygen atoms in total. The molecule has 1 aromatic rings. The van der Waals surface area contributed by atoms with E-state index in [1.165, 1.54) is 12.1 Å². The summed E-state index contributed by atoms with van der Waals surface area (Å²) in [6.07, 6.45) is -2.93. The minimum Gasteiger partial charge on any atom is -0.369 e. The maximum atomic E-state index is 12.9. The molecule has 17 heavy (non-hydrogen) atoms. The van der Waals surface area contributed by atoms with Crippen LogP contribution < -0.4 is 4.90 Å². The van der Waals surface area contributed by atoms with Gasteiger partial charge >= 0.3 is 6.18 Å². The lowest BCUT2D eigenvalue weighted by molar-refractivity contribution is -0.138. The lowest BCUT2D eigenvalue weighted by Crippen LogP contribution is -2.36. The van der Waals surface area contributed by atoms with Gasteiger partial charge in [-0.05, 0) is 44.4 Å². The zero-order chi connectivity index (χ0) is 12.6. The van der Waals surface area contributed by atoms with Gasteiger partial charge in [0.05, 0.1) is 5.56 Å². The highest BCUT2D eigenvalue weighted by atomic mass is 19.4. The molecule has 0 aromatic heterocycles. The molecule has 0 atom stereocenters. The van der Waals surface area contributed by atoms with E-state index in [1.54, 1.807) is 6.07 Å². The maximum absolute atomic E-state index is 12.9. The number of fused-ring (bicyclic) bond motifs is 1. The van der Waals surface area contributed by atoms with E-state index in [2.05, 4.69) is 0 Å². The molecule has 94 valence electrons. The highest BCUT2D eigenvalue weighted by molar-refractivity contribution is 5.59. The van der Waals surface area contributed by atoms with Crippen LogP contribution in [0.25, 0.3) is 0 Å². The van der Waals surface area contributed by atoms with E-state index in [0.29, 0.717) is 12.0 Å². The van der Waals surface area contributed by atoms with E-state index in [0.717, 1.165) is 18.7 Å². The van der Waals surface area contributed by atoms with E-state index < -0.39 is 11.7 Å². The van der Waals surface area contributed by atoms with Crippen molar-refractivity contribution in [3.8, 4) is 0 Å². The highest BCUT2D eigenvalue weighted by Gasteiger charge is 2.35. The quantitative estimate of drug-likeness (QED) is 0.723. The number of hydrogen-bond acceptors (Lipinski definition) is 1. The highest BCUT2D eigenvalue weighted by Crippen LogP contribution is 2.39. The predicted octanol–water partition coefficient (Wildman–Crippen LogP) is 3.87. The zero-order valence-electron chi connectivity index (χ0n) is 10.0. The van der Waals surface area contributed by atoms with Crippen LogP contribution >= 0.6 is 0 Å². The molecule has 0 saturated heterocycles. The number of hydrogen-bond donors (Lipinski definition) is 0. The largest absolute Gasteiger partial charge is 0.416 e. The van der Waals surface area contributed by atoms with Gasteiger partial charge in [-0.3, -0.25) is 0 Å². The Hall–Kier alpha value is -1.19. The standard InChI is InChI=1S/C13H16F3N/c1-9(2)17-8-4-5-10-11(13(14,15)16)6-3-7-12(10)17/h3,6-7,9H,4-5,8H2,1-2H3. The molecular formula is C13H16F3N. The van der Waals surface area contributed by atoms with Crippen molar-refractivity contribution in [2.24, 2.45) is 0 Å². The molecule has 0 saturated carbocycles. The summed E-state index contributed by atoms with van der Waals surface area (Å²) >= 11 is 0. The number of benzene rings is 1. The number of alkyl halides is 3. The Kier molecular flexibility index (Phi) is 3.06. The van der Waals surface area contributed by atoms with Crippen LogP contribution in [0, 0.1) is 0 Å². The first-order valence-corrected chi connectivity index (χ1v) is 5.87. The summed E-state index contributed by atoms with van der Waals surface area (Å²) < 4.78 is 38.7. The summed E-state index contributed by atoms with van der Waals surface area (Å²) in [7, 11) is 0. The van der Waals surface area contributed by atoms with Crippen LogP contribution in [0.4, 0.5) is 18.9 Å². The average molecular weight is 243 g/mol. The van der Waals surface area contributed by atoms with Crippen molar-refractivity contribution in [2.75, 3.05) is 11.4 Å². The Morgan fingerprint density at radius 2 is 1.94 bits per heavy atom. The third-order valence-electron chi connectivity index (χ3n) is 3.22. The molecule has 1 aliphatic rings. The summed E-state index contributed by atoms with van der Waals surface area (Å²) in [5.41, 5.74) is 0.737. The third-order valence-corrected chi connectivity index (χ3v) is 3.22. The van der Waals surface area contributed by atoms with Crippen molar-refractivity contribution in [2.45, 2.75) is 38.9 Å². The first-order valence-electron chi connectivity index (χ1n) is 5.87. The molecule has 1 aliphatic heterocycles. The summed E-state index contributed by atoms with van der Waals surface area (Å²) in [5, 5.41) is 0. The van der Waals surface area contributed by atoms with Crippen LogP contribution in [0.3, 0.4) is 0 Å². The van der Waals surface area contributed by atoms with Crippen molar-refractivity contribution < 1.29 is 13.2 Å². The van der Waals surface area contributed by atoms with Crippen molar-refractivity contribution in [1.82, 2.24) is 0 Å². The predicted molar refractivity (Wildman–Crippen MR) is 62.2 cm³/mol. The molecule has 0 unspecified atom stereocenters. The Labute approximate surface area is 99.2 Å². The lowest BCUT2D eigenvalue weighted by atomic mass is 9.95. The molecule has 0 N–H and O–H groups in total. The molecule has 0 amide bonds. The van der Waals surface area contributed by atoms with Gasteiger partial charge in [0.2, 0.25) is 0 Å². The second-order valence-corrected chi connectivity index (χ2v) is 4.69. The van der Waals surface area contributed by atoms with Gasteiger partial charge in [-0.2, -0.15) is 13.2 Å². The van der Waals surface area contributed by atoms with Crippen LogP contribution in [0.15, 0.2) is 18.2 Å². The minimum atomic E-state index is -4.24. The van der Waals surface area contributed by atoms with E-state index in [1.807, 2.05) is 18.7 Å². The summed E-state index contributed by atoms with van der Waals surface area (Å²) in [6.45, 7) is 4.86. The van der Waals surface area contributed by atoms with Gasteiger partial charge in [0.25, 0.3) is 0 Å². The lowest BCUT2D eigenvalue weighted by Gasteiger charge is -2.35. The average Bonchev–Trinajstić information content (AvgIpc) is 2.26. The summed E-state index contributed by atoms with van der Waals surface area (Å²) in [6, 6.07) is 4.71. The van der Waals surface area contributed by atoms with Crippen LogP contribution in [0.1, 0.15) is 31.4 Å². The second-order valence-electron chi connectivity index (χ2n) is 4.69. The molecule has 0 bridgehead atoms. The summed E-state index contributed by atoms with van der Waals surface area (Å²) in [4.78, 5) is 2.05. The van der Waals surface area contributed by atoms with E-state index >= 15 is 0 Å². The molecular weight excluding hydrogens is 227 g/mol.